The molecule has 0 aliphatic heterocycles. The van der Waals surface area contributed by atoms with E-state index in [1.807, 2.05) is 0 Å². The second-order valence-corrected chi connectivity index (χ2v) is 7.92. The molecular formula is C18H36P. The van der Waals surface area contributed by atoms with Crippen LogP contribution < -0.4 is 0 Å². The minimum Gasteiger partial charge on any atom is -0.0775 e. The molecule has 0 nitrogen and oxygen atoms in total. The van der Waals surface area contributed by atoms with E-state index in [2.05, 4.69) is 6.92 Å². The number of unbranched alkanes of at least 4 members (excludes halogenated alkanes) is 7. The van der Waals surface area contributed by atoms with Gasteiger partial charge < -0.3 is 0 Å². The Balaban J connectivity index is 1.84. The molecule has 19 heavy (non-hydrogen) atoms. The Labute approximate surface area is 124 Å². The highest BCUT2D eigenvalue weighted by Gasteiger charge is 2.11. The zero-order chi connectivity index (χ0) is 13.6. The van der Waals surface area contributed by atoms with Gasteiger partial charge in [-0.15, -0.1) is 0 Å². The molecule has 0 N–H and O–H groups in total. The van der Waals surface area contributed by atoms with Crippen molar-refractivity contribution in [1.29, 1.82) is 0 Å². The minimum absolute atomic E-state index is 1.06. The highest BCUT2D eigenvalue weighted by molar-refractivity contribution is 7.38. The van der Waals surface area contributed by atoms with Gasteiger partial charge in [0, 0.05) is 0 Å². The molecule has 0 aromatic rings. The summed E-state index contributed by atoms with van der Waals surface area (Å²) in [5.41, 5.74) is 1.06. The lowest BCUT2D eigenvalue weighted by Crippen LogP contribution is -2.04. The fourth-order valence-electron chi connectivity index (χ4n) is 3.14. The molecule has 0 aromatic heterocycles. The molecule has 0 unspecified atom stereocenters. The maximum atomic E-state index is 2.30. The molecule has 1 fully saturated rings. The third-order valence-corrected chi connectivity index (χ3v) is 6.08. The van der Waals surface area contributed by atoms with Crippen LogP contribution in [0.3, 0.4) is 0 Å². The standard InChI is InChI=1S/C18H36P/c1-2-3-4-5-6-7-11-14-17-19-18-15-12-9-8-10-13-16-18/h18H,2-17H2,1H3. The summed E-state index contributed by atoms with van der Waals surface area (Å²) in [4.78, 5) is 0. The van der Waals surface area contributed by atoms with Crippen molar-refractivity contribution < 1.29 is 0 Å². The van der Waals surface area contributed by atoms with Gasteiger partial charge in [-0.1, -0.05) is 92.6 Å². The zero-order valence-corrected chi connectivity index (χ0v) is 14.2. The summed E-state index contributed by atoms with van der Waals surface area (Å²) in [6.45, 7) is 2.30. The maximum Gasteiger partial charge on any atom is -0.0170 e. The van der Waals surface area contributed by atoms with Crippen molar-refractivity contribution in [2.75, 3.05) is 6.16 Å². The van der Waals surface area contributed by atoms with Gasteiger partial charge in [-0.05, 0) is 31.1 Å². The Kier molecular flexibility index (Phi) is 12.3. The van der Waals surface area contributed by atoms with Gasteiger partial charge in [0.05, 0.1) is 0 Å². The van der Waals surface area contributed by atoms with Crippen molar-refractivity contribution in [3.05, 3.63) is 0 Å². The molecule has 0 heterocycles. The van der Waals surface area contributed by atoms with Crippen molar-refractivity contribution in [2.24, 2.45) is 0 Å². The van der Waals surface area contributed by atoms with Crippen molar-refractivity contribution in [2.45, 2.75) is 109 Å². The summed E-state index contributed by atoms with van der Waals surface area (Å²) in [6.07, 6.45) is 23.8. The summed E-state index contributed by atoms with van der Waals surface area (Å²) in [7, 11) is 1.79. The first kappa shape index (κ1) is 17.5. The van der Waals surface area contributed by atoms with E-state index >= 15 is 0 Å². The normalized spacial score (nSPS) is 18.8. The Bertz CT molecular complexity index is 171. The van der Waals surface area contributed by atoms with Crippen LogP contribution in [0.5, 0.6) is 0 Å². The molecular weight excluding hydrogens is 247 g/mol. The molecule has 1 radical (unpaired) electrons. The van der Waals surface area contributed by atoms with Crippen LogP contribution in [0, 0.1) is 0 Å². The van der Waals surface area contributed by atoms with Crippen LogP contribution in [0.4, 0.5) is 0 Å². The Hall–Kier alpha value is 0.430. The summed E-state index contributed by atoms with van der Waals surface area (Å²) < 4.78 is 0. The Morgan fingerprint density at radius 1 is 0.684 bits per heavy atom. The monoisotopic (exact) mass is 283 g/mol. The topological polar surface area (TPSA) is 0 Å². The lowest BCUT2D eigenvalue weighted by molar-refractivity contribution is 0.510. The number of rotatable bonds is 10. The van der Waals surface area contributed by atoms with Crippen molar-refractivity contribution in [3.8, 4) is 0 Å². The second-order valence-electron chi connectivity index (χ2n) is 6.38. The fraction of sp³-hybridized carbons (Fsp3) is 1.00. The molecule has 0 aromatic carbocycles. The molecule has 1 aliphatic carbocycles. The van der Waals surface area contributed by atoms with Gasteiger partial charge in [-0.25, -0.2) is 0 Å². The first-order valence-corrected chi connectivity index (χ1v) is 10.2. The van der Waals surface area contributed by atoms with E-state index in [9.17, 15) is 0 Å². The van der Waals surface area contributed by atoms with Gasteiger partial charge in [0.2, 0.25) is 0 Å². The predicted molar refractivity (Wildman–Crippen MR) is 90.5 cm³/mol. The Morgan fingerprint density at radius 2 is 1.21 bits per heavy atom. The van der Waals surface area contributed by atoms with Crippen molar-refractivity contribution >= 4 is 8.58 Å². The second kappa shape index (κ2) is 13.4. The molecule has 1 saturated carbocycles. The first-order valence-electron chi connectivity index (χ1n) is 9.10. The van der Waals surface area contributed by atoms with Crippen LogP contribution in [0.1, 0.15) is 103 Å². The molecule has 1 aliphatic rings. The van der Waals surface area contributed by atoms with Crippen LogP contribution in [0.25, 0.3) is 0 Å². The summed E-state index contributed by atoms with van der Waals surface area (Å²) in [6, 6.07) is 0. The molecule has 0 atom stereocenters. The van der Waals surface area contributed by atoms with Gasteiger partial charge in [0.25, 0.3) is 0 Å². The highest BCUT2D eigenvalue weighted by atomic mass is 31.1. The van der Waals surface area contributed by atoms with E-state index in [0.717, 1.165) is 5.66 Å². The molecule has 0 bridgehead atoms. The van der Waals surface area contributed by atoms with Crippen LogP contribution in [-0.4, -0.2) is 11.8 Å². The molecule has 1 rings (SSSR count). The van der Waals surface area contributed by atoms with E-state index in [1.165, 1.54) is 102 Å². The van der Waals surface area contributed by atoms with Gasteiger partial charge in [0.15, 0.2) is 0 Å². The molecule has 113 valence electrons. The smallest absolute Gasteiger partial charge is 0.0170 e. The largest absolute Gasteiger partial charge is 0.0775 e. The summed E-state index contributed by atoms with van der Waals surface area (Å²) >= 11 is 0. The van der Waals surface area contributed by atoms with Crippen LogP contribution in [-0.2, 0) is 0 Å². The Morgan fingerprint density at radius 3 is 1.84 bits per heavy atom. The van der Waals surface area contributed by atoms with E-state index in [1.54, 1.807) is 8.58 Å². The number of hydrogen-bond donors (Lipinski definition) is 0. The average Bonchev–Trinajstić information content (AvgIpc) is 2.39. The van der Waals surface area contributed by atoms with Crippen LogP contribution >= 0.6 is 8.58 Å². The lowest BCUT2D eigenvalue weighted by Gasteiger charge is -2.18. The third kappa shape index (κ3) is 10.8. The summed E-state index contributed by atoms with van der Waals surface area (Å²) in [5.74, 6) is 0. The van der Waals surface area contributed by atoms with E-state index in [4.69, 9.17) is 0 Å². The zero-order valence-electron chi connectivity index (χ0n) is 13.3. The molecule has 0 spiro atoms. The lowest BCUT2D eigenvalue weighted by atomic mass is 10.0. The van der Waals surface area contributed by atoms with E-state index in [-0.39, 0.29) is 0 Å². The van der Waals surface area contributed by atoms with Crippen LogP contribution in [0.15, 0.2) is 0 Å². The maximum absolute atomic E-state index is 2.30. The summed E-state index contributed by atoms with van der Waals surface area (Å²) in [5, 5.41) is 0. The van der Waals surface area contributed by atoms with Crippen LogP contribution in [0.2, 0.25) is 0 Å². The van der Waals surface area contributed by atoms with Gasteiger partial charge in [0.1, 0.15) is 0 Å². The van der Waals surface area contributed by atoms with E-state index < -0.39 is 0 Å². The minimum atomic E-state index is 1.06. The quantitative estimate of drug-likeness (QED) is 0.294. The molecule has 0 saturated heterocycles. The van der Waals surface area contributed by atoms with Crippen molar-refractivity contribution in [3.63, 3.8) is 0 Å². The first-order chi connectivity index (χ1) is 9.43. The van der Waals surface area contributed by atoms with Crippen molar-refractivity contribution in [1.82, 2.24) is 0 Å². The van der Waals surface area contributed by atoms with E-state index in [0.29, 0.717) is 0 Å². The molecule has 1 heteroatoms. The fourth-order valence-corrected chi connectivity index (χ4v) is 4.64. The predicted octanol–water partition coefficient (Wildman–Crippen LogP) is 7.19. The van der Waals surface area contributed by atoms with Gasteiger partial charge in [-0.3, -0.25) is 0 Å². The van der Waals surface area contributed by atoms with Gasteiger partial charge in [-0.2, -0.15) is 0 Å². The highest BCUT2D eigenvalue weighted by Crippen LogP contribution is 2.32. The average molecular weight is 283 g/mol. The third-order valence-electron chi connectivity index (χ3n) is 4.47. The SMILES string of the molecule is CCCCCCCCCC[P]C1CCCCCCC1. The van der Waals surface area contributed by atoms with Gasteiger partial charge >= 0.3 is 0 Å². The number of hydrogen-bond acceptors (Lipinski definition) is 0. The molecule has 0 amide bonds.